The van der Waals surface area contributed by atoms with E-state index in [1.807, 2.05) is 0 Å². The molecule has 0 aromatic heterocycles. The molecule has 0 atom stereocenters. The normalized spacial score (nSPS) is 14.2. The average molecular weight is 266 g/mol. The highest BCUT2D eigenvalue weighted by atomic mass is 19.4. The largest absolute Gasteiger partial charge is 0.498 e. The first kappa shape index (κ1) is 16.5. The second kappa shape index (κ2) is 7.08. The van der Waals surface area contributed by atoms with Gasteiger partial charge in [0.05, 0.1) is 18.6 Å². The molecule has 0 aliphatic carbocycles. The monoisotopic (exact) mass is 266 g/mol. The zero-order chi connectivity index (χ0) is 14.3. The fourth-order valence-corrected chi connectivity index (χ4v) is 1.35. The van der Waals surface area contributed by atoms with Crippen molar-refractivity contribution in [3.63, 3.8) is 0 Å². The van der Waals surface area contributed by atoms with Gasteiger partial charge in [-0.15, -0.1) is 0 Å². The van der Waals surface area contributed by atoms with Gasteiger partial charge in [-0.1, -0.05) is 12.5 Å². The summed E-state index contributed by atoms with van der Waals surface area (Å²) in [6.07, 6.45) is -3.86. The fraction of sp³-hybridized carbons (Fsp3) is 0.583. The zero-order valence-electron chi connectivity index (χ0n) is 10.6. The van der Waals surface area contributed by atoms with Crippen molar-refractivity contribution in [1.82, 2.24) is 0 Å². The number of hydrogen-bond donors (Lipinski definition) is 1. The highest BCUT2D eigenvalue weighted by Crippen LogP contribution is 2.31. The number of alkyl halides is 3. The van der Waals surface area contributed by atoms with E-state index < -0.39 is 24.1 Å². The molecular formula is C12H17F3O3. The second-order valence-electron chi connectivity index (χ2n) is 3.63. The summed E-state index contributed by atoms with van der Waals surface area (Å²) in [5, 5.41) is 8.60. The topological polar surface area (TPSA) is 46.5 Å². The molecule has 0 saturated heterocycles. The van der Waals surface area contributed by atoms with Gasteiger partial charge in [0.15, 0.2) is 0 Å². The molecule has 104 valence electrons. The van der Waals surface area contributed by atoms with Crippen LogP contribution in [0.3, 0.4) is 0 Å². The zero-order valence-corrected chi connectivity index (χ0v) is 10.6. The van der Waals surface area contributed by atoms with E-state index in [-0.39, 0.29) is 24.4 Å². The number of carbonyl (C=O) groups is 1. The Morgan fingerprint density at radius 1 is 1.33 bits per heavy atom. The summed E-state index contributed by atoms with van der Waals surface area (Å²) in [5.41, 5.74) is -0.726. The molecule has 0 bridgehead atoms. The third kappa shape index (κ3) is 5.75. The lowest BCUT2D eigenvalue weighted by atomic mass is 10.0. The highest BCUT2D eigenvalue weighted by Gasteiger charge is 2.35. The highest BCUT2D eigenvalue weighted by molar-refractivity contribution is 5.70. The summed E-state index contributed by atoms with van der Waals surface area (Å²) < 4.78 is 43.2. The molecular weight excluding hydrogens is 249 g/mol. The van der Waals surface area contributed by atoms with Crippen LogP contribution >= 0.6 is 0 Å². The minimum absolute atomic E-state index is 0.125. The minimum Gasteiger partial charge on any atom is -0.498 e. The van der Waals surface area contributed by atoms with E-state index in [9.17, 15) is 18.0 Å². The van der Waals surface area contributed by atoms with Crippen LogP contribution in [0.15, 0.2) is 23.0 Å². The molecule has 0 spiro atoms. The Kier molecular flexibility index (Phi) is 6.51. The molecule has 0 aliphatic heterocycles. The smallest absolute Gasteiger partial charge is 0.419 e. The van der Waals surface area contributed by atoms with Gasteiger partial charge in [0.25, 0.3) is 0 Å². The number of aliphatic carboxylic acids is 1. The van der Waals surface area contributed by atoms with Crippen LogP contribution in [0, 0.1) is 0 Å². The fourth-order valence-electron chi connectivity index (χ4n) is 1.35. The van der Waals surface area contributed by atoms with Gasteiger partial charge in [-0.05, 0) is 26.3 Å². The first-order chi connectivity index (χ1) is 8.22. The number of ether oxygens (including phenoxy) is 1. The lowest BCUT2D eigenvalue weighted by molar-refractivity contribution is -0.136. The van der Waals surface area contributed by atoms with Gasteiger partial charge in [0.1, 0.15) is 5.76 Å². The van der Waals surface area contributed by atoms with Gasteiger partial charge in [-0.3, -0.25) is 4.79 Å². The first-order valence-corrected chi connectivity index (χ1v) is 5.54. The van der Waals surface area contributed by atoms with Crippen molar-refractivity contribution in [2.75, 3.05) is 6.61 Å². The summed E-state index contributed by atoms with van der Waals surface area (Å²) in [6, 6.07) is 0. The number of hydrogen-bond acceptors (Lipinski definition) is 2. The van der Waals surface area contributed by atoms with Crippen molar-refractivity contribution >= 4 is 5.97 Å². The number of rotatable bonds is 6. The number of allylic oxidation sites excluding steroid dienone is 3. The number of carboxylic acids is 1. The number of carboxylic acid groups (broad SMARTS) is 1. The SMILES string of the molecule is CCO/C(C)=C(/C=C(\CC)CC(=O)O)C(F)(F)F. The predicted molar refractivity (Wildman–Crippen MR) is 61.0 cm³/mol. The van der Waals surface area contributed by atoms with E-state index in [1.54, 1.807) is 13.8 Å². The van der Waals surface area contributed by atoms with Crippen LogP contribution in [-0.2, 0) is 9.53 Å². The molecule has 0 heterocycles. The maximum Gasteiger partial charge on any atom is 0.419 e. The third-order valence-electron chi connectivity index (χ3n) is 2.23. The van der Waals surface area contributed by atoms with E-state index in [0.29, 0.717) is 0 Å². The molecule has 0 aromatic rings. The molecule has 0 amide bonds. The number of halogens is 3. The van der Waals surface area contributed by atoms with E-state index >= 15 is 0 Å². The van der Waals surface area contributed by atoms with Crippen molar-refractivity contribution in [3.8, 4) is 0 Å². The summed E-state index contributed by atoms with van der Waals surface area (Å²) >= 11 is 0. The summed E-state index contributed by atoms with van der Waals surface area (Å²) in [6.45, 7) is 4.54. The Balaban J connectivity index is 5.40. The van der Waals surface area contributed by atoms with E-state index in [1.165, 1.54) is 6.92 Å². The van der Waals surface area contributed by atoms with E-state index in [4.69, 9.17) is 9.84 Å². The molecule has 0 saturated carbocycles. The predicted octanol–water partition coefficient (Wildman–Crippen LogP) is 3.67. The van der Waals surface area contributed by atoms with Crippen LogP contribution < -0.4 is 0 Å². The van der Waals surface area contributed by atoms with Gasteiger partial charge in [-0.2, -0.15) is 13.2 Å². The van der Waals surface area contributed by atoms with Crippen LogP contribution in [0.5, 0.6) is 0 Å². The van der Waals surface area contributed by atoms with Gasteiger partial charge < -0.3 is 9.84 Å². The van der Waals surface area contributed by atoms with Crippen molar-refractivity contribution < 1.29 is 27.8 Å². The van der Waals surface area contributed by atoms with Crippen LogP contribution in [-0.4, -0.2) is 23.9 Å². The van der Waals surface area contributed by atoms with Gasteiger partial charge in [0.2, 0.25) is 0 Å². The average Bonchev–Trinajstić information content (AvgIpc) is 2.21. The van der Waals surface area contributed by atoms with Crippen molar-refractivity contribution in [3.05, 3.63) is 23.0 Å². The van der Waals surface area contributed by atoms with Crippen LogP contribution in [0.2, 0.25) is 0 Å². The lowest BCUT2D eigenvalue weighted by Crippen LogP contribution is -2.14. The Labute approximate surface area is 104 Å². The van der Waals surface area contributed by atoms with Gasteiger partial charge in [0, 0.05) is 0 Å². The Morgan fingerprint density at radius 3 is 2.22 bits per heavy atom. The molecule has 18 heavy (non-hydrogen) atoms. The van der Waals surface area contributed by atoms with Gasteiger partial charge >= 0.3 is 12.1 Å². The molecule has 0 unspecified atom stereocenters. The lowest BCUT2D eigenvalue weighted by Gasteiger charge is -2.14. The standard InChI is InChI=1S/C12H17F3O3/c1-4-9(7-11(16)17)6-10(12(13,14)15)8(3)18-5-2/h6H,4-5,7H2,1-3H3,(H,16,17)/b9-6+,10-8-. The maximum atomic E-state index is 12.8. The van der Waals surface area contributed by atoms with E-state index in [2.05, 4.69) is 0 Å². The Hall–Kier alpha value is -1.46. The molecule has 0 aromatic carbocycles. The molecule has 1 N–H and O–H groups in total. The Morgan fingerprint density at radius 2 is 1.89 bits per heavy atom. The molecule has 0 aliphatic rings. The maximum absolute atomic E-state index is 12.8. The van der Waals surface area contributed by atoms with Gasteiger partial charge in [-0.25, -0.2) is 0 Å². The van der Waals surface area contributed by atoms with Crippen molar-refractivity contribution in [2.45, 2.75) is 39.8 Å². The van der Waals surface area contributed by atoms with Crippen LogP contribution in [0.4, 0.5) is 13.2 Å². The molecule has 0 fully saturated rings. The molecule has 3 nitrogen and oxygen atoms in total. The summed E-state index contributed by atoms with van der Waals surface area (Å²) in [7, 11) is 0. The minimum atomic E-state index is -4.56. The second-order valence-corrected chi connectivity index (χ2v) is 3.63. The van der Waals surface area contributed by atoms with Crippen molar-refractivity contribution in [2.24, 2.45) is 0 Å². The summed E-state index contributed by atoms with van der Waals surface area (Å²) in [4.78, 5) is 10.5. The summed E-state index contributed by atoms with van der Waals surface area (Å²) in [5.74, 6) is -1.40. The van der Waals surface area contributed by atoms with Crippen molar-refractivity contribution in [1.29, 1.82) is 0 Å². The van der Waals surface area contributed by atoms with Crippen LogP contribution in [0.1, 0.15) is 33.6 Å². The molecule has 6 heteroatoms. The first-order valence-electron chi connectivity index (χ1n) is 5.54. The third-order valence-corrected chi connectivity index (χ3v) is 2.23. The van der Waals surface area contributed by atoms with Crippen LogP contribution in [0.25, 0.3) is 0 Å². The van der Waals surface area contributed by atoms with E-state index in [0.717, 1.165) is 6.08 Å². The molecule has 0 radical (unpaired) electrons. The quantitative estimate of drug-likeness (QED) is 0.589. The molecule has 0 rings (SSSR count). The Bertz CT molecular complexity index is 354.